The summed E-state index contributed by atoms with van der Waals surface area (Å²) in [7, 11) is 3.04. The van der Waals surface area contributed by atoms with Crippen molar-refractivity contribution in [3.63, 3.8) is 0 Å². The summed E-state index contributed by atoms with van der Waals surface area (Å²) in [6, 6.07) is 0.834. The first-order chi connectivity index (χ1) is 8.81. The van der Waals surface area contributed by atoms with Gasteiger partial charge in [0.05, 0.1) is 14.2 Å². The van der Waals surface area contributed by atoms with E-state index >= 15 is 0 Å². The molecule has 0 aliphatic carbocycles. The zero-order valence-electron chi connectivity index (χ0n) is 10.8. The summed E-state index contributed by atoms with van der Waals surface area (Å²) < 4.78 is 10.0. The van der Waals surface area contributed by atoms with Crippen molar-refractivity contribution < 1.29 is 9.47 Å². The van der Waals surface area contributed by atoms with Gasteiger partial charge in [0.15, 0.2) is 0 Å². The largest absolute Gasteiger partial charge is 0.467 e. The highest BCUT2D eigenvalue weighted by atomic mass is 16.5. The zero-order chi connectivity index (χ0) is 12.8. The second-order valence-electron chi connectivity index (χ2n) is 4.17. The predicted octanol–water partition coefficient (Wildman–Crippen LogP) is 0.443. The van der Waals surface area contributed by atoms with E-state index in [0.29, 0.717) is 12.0 Å². The Morgan fingerprint density at radius 1 is 1.11 bits per heavy atom. The molecule has 0 spiro atoms. The molecule has 0 saturated carbocycles. The normalized spacial score (nSPS) is 20.0. The van der Waals surface area contributed by atoms with Crippen molar-refractivity contribution in [2.75, 3.05) is 32.6 Å². The molecule has 0 radical (unpaired) electrons. The van der Waals surface area contributed by atoms with Crippen LogP contribution >= 0.6 is 0 Å². The second-order valence-corrected chi connectivity index (χ2v) is 4.17. The van der Waals surface area contributed by atoms with Crippen molar-refractivity contribution in [2.45, 2.75) is 25.3 Å². The molecule has 100 valence electrons. The van der Waals surface area contributed by atoms with Gasteiger partial charge in [-0.25, -0.2) is 0 Å². The lowest BCUT2D eigenvalue weighted by Crippen LogP contribution is -2.31. The first-order valence-electron chi connectivity index (χ1n) is 6.13. The van der Waals surface area contributed by atoms with Crippen LogP contribution in [0.3, 0.4) is 0 Å². The van der Waals surface area contributed by atoms with Crippen molar-refractivity contribution in [2.24, 2.45) is 0 Å². The van der Waals surface area contributed by atoms with Crippen molar-refractivity contribution in [3.05, 3.63) is 0 Å². The Morgan fingerprint density at radius 3 is 2.50 bits per heavy atom. The van der Waals surface area contributed by atoms with Gasteiger partial charge in [0.1, 0.15) is 0 Å². The molecule has 18 heavy (non-hydrogen) atoms. The van der Waals surface area contributed by atoms with Gasteiger partial charge in [-0.15, -0.1) is 4.98 Å². The lowest BCUT2D eigenvalue weighted by Gasteiger charge is -2.16. The maximum Gasteiger partial charge on any atom is 0.324 e. The predicted molar refractivity (Wildman–Crippen MR) is 67.1 cm³/mol. The smallest absolute Gasteiger partial charge is 0.324 e. The Hall–Kier alpha value is -1.63. The molecule has 1 aliphatic rings. The van der Waals surface area contributed by atoms with E-state index in [1.807, 2.05) is 0 Å². The van der Waals surface area contributed by atoms with E-state index < -0.39 is 0 Å². The summed E-state index contributed by atoms with van der Waals surface area (Å²) in [5.74, 6) is 0.493. The zero-order valence-corrected chi connectivity index (χ0v) is 10.8. The monoisotopic (exact) mass is 253 g/mol. The van der Waals surface area contributed by atoms with Gasteiger partial charge in [0.2, 0.25) is 5.95 Å². The van der Waals surface area contributed by atoms with Crippen molar-refractivity contribution in [1.29, 1.82) is 0 Å². The third-order valence-electron chi connectivity index (χ3n) is 2.84. The van der Waals surface area contributed by atoms with Crippen LogP contribution in [0.5, 0.6) is 12.0 Å². The van der Waals surface area contributed by atoms with Crippen LogP contribution in [0.2, 0.25) is 0 Å². The molecule has 0 bridgehead atoms. The molecule has 2 rings (SSSR count). The fourth-order valence-corrected chi connectivity index (χ4v) is 1.91. The minimum atomic E-state index is 0.255. The van der Waals surface area contributed by atoms with E-state index in [1.54, 1.807) is 0 Å². The number of methoxy groups -OCH3 is 2. The van der Waals surface area contributed by atoms with Crippen molar-refractivity contribution in [1.82, 2.24) is 20.3 Å². The van der Waals surface area contributed by atoms with Gasteiger partial charge < -0.3 is 20.1 Å². The summed E-state index contributed by atoms with van der Waals surface area (Å²) >= 11 is 0. The number of hydrogen-bond acceptors (Lipinski definition) is 7. The van der Waals surface area contributed by atoms with E-state index in [4.69, 9.17) is 9.47 Å². The standard InChI is InChI=1S/C11H19N5O2/c1-17-10-14-9(15-11(16-10)18-2)13-8-5-3-4-6-12-7-8/h8,12H,3-7H2,1-2H3,(H,13,14,15,16). The molecule has 1 atom stereocenters. The molecule has 7 heteroatoms. The number of rotatable bonds is 4. The van der Waals surface area contributed by atoms with E-state index in [0.717, 1.165) is 19.5 Å². The van der Waals surface area contributed by atoms with E-state index in [1.165, 1.54) is 27.1 Å². The third kappa shape index (κ3) is 3.43. The molecule has 2 N–H and O–H groups in total. The average molecular weight is 253 g/mol. The lowest BCUT2D eigenvalue weighted by atomic mass is 10.1. The molecule has 1 unspecified atom stereocenters. The van der Waals surface area contributed by atoms with Crippen LogP contribution in [0.15, 0.2) is 0 Å². The molecular weight excluding hydrogens is 234 g/mol. The maximum absolute atomic E-state index is 5.01. The number of nitrogens with zero attached hydrogens (tertiary/aromatic N) is 3. The fraction of sp³-hybridized carbons (Fsp3) is 0.727. The minimum absolute atomic E-state index is 0.255. The highest BCUT2D eigenvalue weighted by Gasteiger charge is 2.14. The number of nitrogens with one attached hydrogen (secondary N) is 2. The molecule has 0 amide bonds. The Kier molecular flexibility index (Phi) is 4.52. The minimum Gasteiger partial charge on any atom is -0.467 e. The van der Waals surface area contributed by atoms with Crippen molar-refractivity contribution in [3.8, 4) is 12.0 Å². The Bertz CT molecular complexity index is 357. The Labute approximate surface area is 106 Å². The van der Waals surface area contributed by atoms with Gasteiger partial charge >= 0.3 is 12.0 Å². The van der Waals surface area contributed by atoms with Gasteiger partial charge in [-0.1, -0.05) is 6.42 Å². The summed E-state index contributed by atoms with van der Waals surface area (Å²) in [6.45, 7) is 1.98. The highest BCUT2D eigenvalue weighted by Crippen LogP contribution is 2.14. The number of ether oxygens (including phenoxy) is 2. The van der Waals surface area contributed by atoms with Gasteiger partial charge in [0, 0.05) is 12.6 Å². The Balaban J connectivity index is 2.06. The SMILES string of the molecule is COc1nc(NC2CCCCNC2)nc(OC)n1. The van der Waals surface area contributed by atoms with Gasteiger partial charge in [0.25, 0.3) is 0 Å². The molecular formula is C11H19N5O2. The molecule has 0 aromatic carbocycles. The second kappa shape index (κ2) is 6.34. The van der Waals surface area contributed by atoms with E-state index in [2.05, 4.69) is 25.6 Å². The fourth-order valence-electron chi connectivity index (χ4n) is 1.91. The number of aromatic nitrogens is 3. The van der Waals surface area contributed by atoms with Crippen LogP contribution in [0.4, 0.5) is 5.95 Å². The number of hydrogen-bond donors (Lipinski definition) is 2. The first kappa shape index (κ1) is 12.8. The van der Waals surface area contributed by atoms with Crippen molar-refractivity contribution >= 4 is 5.95 Å². The molecule has 1 aromatic rings. The van der Waals surface area contributed by atoms with E-state index in [9.17, 15) is 0 Å². The quantitative estimate of drug-likeness (QED) is 0.806. The van der Waals surface area contributed by atoms with Gasteiger partial charge in [-0.2, -0.15) is 9.97 Å². The van der Waals surface area contributed by atoms with E-state index in [-0.39, 0.29) is 12.0 Å². The first-order valence-corrected chi connectivity index (χ1v) is 6.13. The van der Waals surface area contributed by atoms with Crippen LogP contribution in [0, 0.1) is 0 Å². The summed E-state index contributed by atoms with van der Waals surface area (Å²) in [4.78, 5) is 12.3. The van der Waals surface area contributed by atoms with Crippen LogP contribution in [0.25, 0.3) is 0 Å². The molecule has 1 aromatic heterocycles. The molecule has 7 nitrogen and oxygen atoms in total. The van der Waals surface area contributed by atoms with Crippen LogP contribution in [-0.2, 0) is 0 Å². The van der Waals surface area contributed by atoms with Crippen LogP contribution < -0.4 is 20.1 Å². The topological polar surface area (TPSA) is 81.2 Å². The molecule has 1 saturated heterocycles. The number of anilines is 1. The van der Waals surface area contributed by atoms with Crippen LogP contribution in [-0.4, -0.2) is 48.3 Å². The lowest BCUT2D eigenvalue weighted by molar-refractivity contribution is 0.340. The Morgan fingerprint density at radius 2 is 1.83 bits per heavy atom. The van der Waals surface area contributed by atoms with Crippen LogP contribution in [0.1, 0.15) is 19.3 Å². The van der Waals surface area contributed by atoms with Gasteiger partial charge in [-0.05, 0) is 19.4 Å². The molecule has 1 aliphatic heterocycles. The van der Waals surface area contributed by atoms with Gasteiger partial charge in [-0.3, -0.25) is 0 Å². The molecule has 1 fully saturated rings. The third-order valence-corrected chi connectivity index (χ3v) is 2.84. The average Bonchev–Trinajstić information content (AvgIpc) is 2.67. The summed E-state index contributed by atoms with van der Waals surface area (Å²) in [6.07, 6.45) is 3.51. The summed E-state index contributed by atoms with van der Waals surface area (Å²) in [5, 5.41) is 6.66. The maximum atomic E-state index is 5.01. The summed E-state index contributed by atoms with van der Waals surface area (Å²) in [5.41, 5.74) is 0. The molecule has 2 heterocycles. The highest BCUT2D eigenvalue weighted by molar-refractivity contribution is 5.29.